The molecule has 1 aromatic heterocycles. The second-order valence-electron chi connectivity index (χ2n) is 9.32. The molecule has 3 N–H and O–H groups in total. The Morgan fingerprint density at radius 2 is 2.03 bits per heavy atom. The number of nitrogens with two attached hydrogens (primary N) is 1. The monoisotopic (exact) mass is 452 g/mol. The number of hydrogen-bond acceptors (Lipinski definition) is 5. The molecule has 2 fully saturated rings. The normalized spacial score (nSPS) is 29.0. The minimum absolute atomic E-state index is 0.124. The highest BCUT2D eigenvalue weighted by Crippen LogP contribution is 2.36. The van der Waals surface area contributed by atoms with Crippen molar-refractivity contribution in [3.8, 4) is 0 Å². The molecule has 0 spiro atoms. The number of halogens is 4. The van der Waals surface area contributed by atoms with Crippen molar-refractivity contribution in [1.29, 1.82) is 0 Å². The highest BCUT2D eigenvalue weighted by Gasteiger charge is 2.42. The van der Waals surface area contributed by atoms with E-state index in [-0.39, 0.29) is 24.6 Å². The number of fused-ring (bicyclic) bond motifs is 1. The Balaban J connectivity index is 1.35. The fourth-order valence-corrected chi connectivity index (χ4v) is 5.45. The van der Waals surface area contributed by atoms with Gasteiger partial charge in [-0.2, -0.15) is 5.10 Å². The molecule has 1 aromatic carbocycles. The Morgan fingerprint density at radius 1 is 1.19 bits per heavy atom. The molecule has 32 heavy (non-hydrogen) atoms. The van der Waals surface area contributed by atoms with E-state index < -0.39 is 29.6 Å². The molecule has 3 unspecified atom stereocenters. The summed E-state index contributed by atoms with van der Waals surface area (Å²) < 4.78 is 56.0. The van der Waals surface area contributed by atoms with E-state index in [2.05, 4.69) is 20.0 Å². The summed E-state index contributed by atoms with van der Waals surface area (Å²) >= 11 is 0. The van der Waals surface area contributed by atoms with Crippen molar-refractivity contribution in [1.82, 2.24) is 24.9 Å². The Labute approximate surface area is 184 Å². The summed E-state index contributed by atoms with van der Waals surface area (Å²) in [5.74, 6) is -3.67. The molecule has 3 aliphatic heterocycles. The van der Waals surface area contributed by atoms with Gasteiger partial charge in [-0.1, -0.05) is 0 Å². The SMILES string of the molecule is NC1CC(N2Cc3cn[nH]c3C2)CN(CCN2CCC(F)(F)C2)C1c1cc(F)ccc1F. The number of aromatic amines is 1. The topological polar surface area (TPSA) is 64.4 Å². The van der Waals surface area contributed by atoms with Crippen molar-refractivity contribution >= 4 is 0 Å². The second-order valence-corrected chi connectivity index (χ2v) is 9.32. The molecule has 6 nitrogen and oxygen atoms in total. The van der Waals surface area contributed by atoms with Crippen LogP contribution in [0, 0.1) is 11.6 Å². The Hall–Kier alpha value is -2.01. The van der Waals surface area contributed by atoms with Crippen LogP contribution in [0.4, 0.5) is 17.6 Å². The van der Waals surface area contributed by atoms with Crippen molar-refractivity contribution in [2.24, 2.45) is 5.73 Å². The Kier molecular flexibility index (Phi) is 5.73. The van der Waals surface area contributed by atoms with E-state index in [1.54, 1.807) is 4.90 Å². The molecular formula is C22H28F4N6. The van der Waals surface area contributed by atoms with Crippen LogP contribution >= 0.6 is 0 Å². The maximum absolute atomic E-state index is 14.7. The lowest BCUT2D eigenvalue weighted by atomic mass is 9.87. The molecule has 0 aliphatic carbocycles. The van der Waals surface area contributed by atoms with Crippen molar-refractivity contribution in [2.75, 3.05) is 32.7 Å². The molecular weight excluding hydrogens is 424 g/mol. The van der Waals surface area contributed by atoms with Crippen LogP contribution in [-0.2, 0) is 13.1 Å². The van der Waals surface area contributed by atoms with Gasteiger partial charge in [-0.15, -0.1) is 0 Å². The first-order chi connectivity index (χ1) is 15.3. The van der Waals surface area contributed by atoms with E-state index in [1.165, 1.54) is 6.07 Å². The summed E-state index contributed by atoms with van der Waals surface area (Å²) in [7, 11) is 0. The number of nitrogens with zero attached hydrogens (tertiary/aromatic N) is 4. The molecule has 5 rings (SSSR count). The van der Waals surface area contributed by atoms with E-state index >= 15 is 0 Å². The zero-order chi connectivity index (χ0) is 22.5. The molecule has 10 heteroatoms. The Morgan fingerprint density at radius 3 is 2.78 bits per heavy atom. The minimum atomic E-state index is -2.66. The minimum Gasteiger partial charge on any atom is -0.326 e. The molecule has 2 saturated heterocycles. The lowest BCUT2D eigenvalue weighted by Crippen LogP contribution is -2.56. The van der Waals surface area contributed by atoms with Crippen LogP contribution in [-0.4, -0.2) is 75.6 Å². The Bertz CT molecular complexity index is 945. The van der Waals surface area contributed by atoms with E-state index in [4.69, 9.17) is 5.73 Å². The summed E-state index contributed by atoms with van der Waals surface area (Å²) in [5, 5.41) is 7.10. The first kappa shape index (κ1) is 21.8. The van der Waals surface area contributed by atoms with Gasteiger partial charge in [-0.3, -0.25) is 19.8 Å². The van der Waals surface area contributed by atoms with Crippen LogP contribution in [0.2, 0.25) is 0 Å². The highest BCUT2D eigenvalue weighted by atomic mass is 19.3. The number of piperidine rings is 1. The number of benzene rings is 1. The van der Waals surface area contributed by atoms with Crippen LogP contribution in [0.1, 0.15) is 35.7 Å². The lowest BCUT2D eigenvalue weighted by molar-refractivity contribution is 0.00707. The van der Waals surface area contributed by atoms with E-state index in [1.807, 2.05) is 6.20 Å². The first-order valence-electron chi connectivity index (χ1n) is 11.1. The number of H-pyrrole nitrogens is 1. The standard InChI is InChI=1S/C22H28F4N6/c23-15-1-2-18(24)17(7-15)21-19(27)8-16(32-10-14-9-28-29-20(14)12-32)11-31(21)6-5-30-4-3-22(25,26)13-30/h1-2,7,9,16,19,21H,3-6,8,10-13,27H2,(H,28,29). The number of alkyl halides is 2. The summed E-state index contributed by atoms with van der Waals surface area (Å²) in [6.45, 7) is 3.07. The third kappa shape index (κ3) is 4.28. The van der Waals surface area contributed by atoms with Crippen LogP contribution in [0.3, 0.4) is 0 Å². The van der Waals surface area contributed by atoms with Gasteiger partial charge in [-0.05, 0) is 24.6 Å². The zero-order valence-corrected chi connectivity index (χ0v) is 17.8. The number of likely N-dealkylation sites (tertiary alicyclic amines) is 2. The molecule has 3 atom stereocenters. The summed E-state index contributed by atoms with van der Waals surface area (Å²) in [4.78, 5) is 6.11. The summed E-state index contributed by atoms with van der Waals surface area (Å²) in [5.41, 5.74) is 9.05. The van der Waals surface area contributed by atoms with Gasteiger partial charge in [0.1, 0.15) is 11.6 Å². The predicted octanol–water partition coefficient (Wildman–Crippen LogP) is 2.49. The van der Waals surface area contributed by atoms with Crippen molar-refractivity contribution in [3.63, 3.8) is 0 Å². The van der Waals surface area contributed by atoms with Crippen LogP contribution in [0.15, 0.2) is 24.4 Å². The first-order valence-corrected chi connectivity index (χ1v) is 11.1. The van der Waals surface area contributed by atoms with Gasteiger partial charge in [0, 0.05) is 68.9 Å². The number of aromatic nitrogens is 2. The maximum Gasteiger partial charge on any atom is 0.261 e. The molecule has 0 radical (unpaired) electrons. The fourth-order valence-electron chi connectivity index (χ4n) is 5.45. The third-order valence-electron chi connectivity index (χ3n) is 7.08. The lowest BCUT2D eigenvalue weighted by Gasteiger charge is -2.46. The van der Waals surface area contributed by atoms with Crippen LogP contribution < -0.4 is 5.73 Å². The average Bonchev–Trinajstić information content (AvgIpc) is 3.42. The zero-order valence-electron chi connectivity index (χ0n) is 17.8. The van der Waals surface area contributed by atoms with E-state index in [0.29, 0.717) is 32.6 Å². The number of rotatable bonds is 5. The van der Waals surface area contributed by atoms with Gasteiger partial charge in [0.05, 0.1) is 24.5 Å². The second kappa shape index (κ2) is 8.40. The van der Waals surface area contributed by atoms with Gasteiger partial charge in [0.15, 0.2) is 0 Å². The predicted molar refractivity (Wildman–Crippen MR) is 111 cm³/mol. The summed E-state index contributed by atoms with van der Waals surface area (Å²) in [6.07, 6.45) is 2.32. The van der Waals surface area contributed by atoms with Crippen molar-refractivity contribution < 1.29 is 17.6 Å². The van der Waals surface area contributed by atoms with Crippen molar-refractivity contribution in [3.05, 3.63) is 52.9 Å². The third-order valence-corrected chi connectivity index (χ3v) is 7.08. The molecule has 2 aromatic rings. The number of hydrogen-bond donors (Lipinski definition) is 2. The van der Waals surface area contributed by atoms with Gasteiger partial charge in [-0.25, -0.2) is 17.6 Å². The average molecular weight is 453 g/mol. The van der Waals surface area contributed by atoms with E-state index in [0.717, 1.165) is 36.5 Å². The quantitative estimate of drug-likeness (QED) is 0.683. The molecule has 0 bridgehead atoms. The molecule has 174 valence electrons. The fraction of sp³-hybridized carbons (Fsp3) is 0.591. The van der Waals surface area contributed by atoms with E-state index in [9.17, 15) is 17.6 Å². The number of nitrogens with one attached hydrogen (secondary N) is 1. The van der Waals surface area contributed by atoms with Gasteiger partial charge >= 0.3 is 0 Å². The largest absolute Gasteiger partial charge is 0.326 e. The molecule has 0 amide bonds. The molecule has 3 aliphatic rings. The molecule has 4 heterocycles. The summed E-state index contributed by atoms with van der Waals surface area (Å²) in [6, 6.07) is 2.64. The van der Waals surface area contributed by atoms with Crippen LogP contribution in [0.5, 0.6) is 0 Å². The maximum atomic E-state index is 14.7. The smallest absolute Gasteiger partial charge is 0.261 e. The molecule has 0 saturated carbocycles. The van der Waals surface area contributed by atoms with Gasteiger partial charge in [0.2, 0.25) is 0 Å². The van der Waals surface area contributed by atoms with Gasteiger partial charge < -0.3 is 5.73 Å². The van der Waals surface area contributed by atoms with Crippen molar-refractivity contribution in [2.45, 2.75) is 50.0 Å². The van der Waals surface area contributed by atoms with Crippen LogP contribution in [0.25, 0.3) is 0 Å². The van der Waals surface area contributed by atoms with Gasteiger partial charge in [0.25, 0.3) is 5.92 Å². The highest BCUT2D eigenvalue weighted by molar-refractivity contribution is 5.26.